The first kappa shape index (κ1) is 25.0. The molecule has 0 aliphatic heterocycles. The number of aromatic nitrogens is 2. The molecule has 1 aromatic heterocycles. The standard InChI is InChI=1S/C28H25F3N2O3/c1-27(2,26(34)35)18-36-23-14-12-21(13-15-23)20-8-10-22(11-9-20)25-32-24(28(29,30)31)17-33(25)16-19-6-4-3-5-7-19/h3-15,17H,16,18H2,1-2H3,(H,34,35). The molecule has 0 unspecified atom stereocenters. The Balaban J connectivity index is 1.55. The number of benzene rings is 3. The Morgan fingerprint density at radius 3 is 2.00 bits per heavy atom. The maximum Gasteiger partial charge on any atom is 0.434 e. The molecule has 0 bridgehead atoms. The number of alkyl halides is 3. The molecule has 186 valence electrons. The lowest BCUT2D eigenvalue weighted by Gasteiger charge is -2.19. The summed E-state index contributed by atoms with van der Waals surface area (Å²) in [5.74, 6) is -0.152. The van der Waals surface area contributed by atoms with Crippen molar-refractivity contribution in [2.75, 3.05) is 6.61 Å². The van der Waals surface area contributed by atoms with E-state index in [0.29, 0.717) is 11.3 Å². The fourth-order valence-corrected chi connectivity index (χ4v) is 3.56. The minimum absolute atomic E-state index is 0.0337. The van der Waals surface area contributed by atoms with Crippen molar-refractivity contribution in [3.8, 4) is 28.3 Å². The average molecular weight is 495 g/mol. The van der Waals surface area contributed by atoms with Gasteiger partial charge in [0.05, 0.1) is 5.41 Å². The molecule has 4 rings (SSSR count). The summed E-state index contributed by atoms with van der Waals surface area (Å²) in [5, 5.41) is 9.21. The third kappa shape index (κ3) is 5.76. The number of halogens is 3. The number of rotatable bonds is 8. The lowest BCUT2D eigenvalue weighted by molar-refractivity contribution is -0.148. The van der Waals surface area contributed by atoms with E-state index in [2.05, 4.69) is 4.98 Å². The first-order valence-corrected chi connectivity index (χ1v) is 11.3. The highest BCUT2D eigenvalue weighted by atomic mass is 19.4. The molecule has 0 radical (unpaired) electrons. The lowest BCUT2D eigenvalue weighted by atomic mass is 9.95. The summed E-state index contributed by atoms with van der Waals surface area (Å²) in [5.41, 5.74) is 1.26. The van der Waals surface area contributed by atoms with Crippen LogP contribution >= 0.6 is 0 Å². The zero-order chi connectivity index (χ0) is 25.9. The minimum atomic E-state index is -4.54. The highest BCUT2D eigenvalue weighted by molar-refractivity contribution is 5.73. The summed E-state index contributed by atoms with van der Waals surface area (Å²) in [7, 11) is 0. The Bertz CT molecular complexity index is 1330. The van der Waals surface area contributed by atoms with Gasteiger partial charge in [-0.3, -0.25) is 4.79 Å². The fraction of sp³-hybridized carbons (Fsp3) is 0.214. The van der Waals surface area contributed by atoms with Crippen LogP contribution in [0.4, 0.5) is 13.2 Å². The van der Waals surface area contributed by atoms with Crippen LogP contribution < -0.4 is 4.74 Å². The SMILES string of the molecule is CC(C)(COc1ccc(-c2ccc(-c3nc(C(F)(F)F)cn3Cc3ccccc3)cc2)cc1)C(=O)O. The Hall–Kier alpha value is -4.07. The number of aliphatic carboxylic acids is 1. The molecular formula is C28H25F3N2O3. The minimum Gasteiger partial charge on any atom is -0.492 e. The van der Waals surface area contributed by atoms with Gasteiger partial charge in [0.1, 0.15) is 18.2 Å². The van der Waals surface area contributed by atoms with Crippen LogP contribution in [0.5, 0.6) is 5.75 Å². The van der Waals surface area contributed by atoms with Gasteiger partial charge in [-0.05, 0) is 42.7 Å². The van der Waals surface area contributed by atoms with Crippen molar-refractivity contribution < 1.29 is 27.8 Å². The molecule has 0 aliphatic rings. The second kappa shape index (κ2) is 9.89. The molecule has 3 aromatic carbocycles. The van der Waals surface area contributed by atoms with Crippen LogP contribution in [-0.2, 0) is 17.5 Å². The van der Waals surface area contributed by atoms with E-state index >= 15 is 0 Å². The number of imidazole rings is 1. The van der Waals surface area contributed by atoms with Crippen molar-refractivity contribution in [2.24, 2.45) is 5.41 Å². The summed E-state index contributed by atoms with van der Waals surface area (Å²) in [6.45, 7) is 3.48. The van der Waals surface area contributed by atoms with E-state index in [4.69, 9.17) is 4.74 Å². The van der Waals surface area contributed by atoms with E-state index in [1.165, 1.54) is 4.57 Å². The first-order valence-electron chi connectivity index (χ1n) is 11.3. The molecule has 0 spiro atoms. The van der Waals surface area contributed by atoms with E-state index < -0.39 is 23.3 Å². The topological polar surface area (TPSA) is 64.4 Å². The molecule has 1 N–H and O–H groups in total. The Morgan fingerprint density at radius 2 is 1.44 bits per heavy atom. The van der Waals surface area contributed by atoms with Gasteiger partial charge >= 0.3 is 12.1 Å². The Morgan fingerprint density at radius 1 is 0.889 bits per heavy atom. The number of ether oxygens (including phenoxy) is 1. The normalized spacial score (nSPS) is 11.9. The molecule has 8 heteroatoms. The molecule has 4 aromatic rings. The molecule has 0 saturated heterocycles. The fourth-order valence-electron chi connectivity index (χ4n) is 3.56. The van der Waals surface area contributed by atoms with E-state index in [9.17, 15) is 23.1 Å². The predicted molar refractivity (Wildman–Crippen MR) is 131 cm³/mol. The van der Waals surface area contributed by atoms with Crippen LogP contribution in [0.1, 0.15) is 25.1 Å². The number of carbonyl (C=O) groups is 1. The molecule has 0 saturated carbocycles. The lowest BCUT2D eigenvalue weighted by Crippen LogP contribution is -2.30. The summed E-state index contributed by atoms with van der Waals surface area (Å²) in [6.07, 6.45) is -3.50. The van der Waals surface area contributed by atoms with Gasteiger partial charge < -0.3 is 14.4 Å². The summed E-state index contributed by atoms with van der Waals surface area (Å²) < 4.78 is 47.3. The maximum atomic E-state index is 13.4. The van der Waals surface area contributed by atoms with Crippen LogP contribution in [0, 0.1) is 5.41 Å². The van der Waals surface area contributed by atoms with Gasteiger partial charge in [0.15, 0.2) is 5.69 Å². The molecule has 0 atom stereocenters. The number of carboxylic acids is 1. The predicted octanol–water partition coefficient (Wildman–Crippen LogP) is 6.77. The van der Waals surface area contributed by atoms with E-state index in [-0.39, 0.29) is 19.0 Å². The monoisotopic (exact) mass is 494 g/mol. The third-order valence-electron chi connectivity index (χ3n) is 5.77. The van der Waals surface area contributed by atoms with Gasteiger partial charge in [-0.1, -0.05) is 66.7 Å². The van der Waals surface area contributed by atoms with Gasteiger partial charge in [0, 0.05) is 18.3 Å². The highest BCUT2D eigenvalue weighted by Crippen LogP contribution is 2.32. The summed E-state index contributed by atoms with van der Waals surface area (Å²) in [6, 6.07) is 23.6. The summed E-state index contributed by atoms with van der Waals surface area (Å²) in [4.78, 5) is 15.1. The molecule has 0 amide bonds. The third-order valence-corrected chi connectivity index (χ3v) is 5.77. The Labute approximate surface area is 206 Å². The zero-order valence-corrected chi connectivity index (χ0v) is 19.8. The van der Waals surface area contributed by atoms with Crippen molar-refractivity contribution in [3.63, 3.8) is 0 Å². The van der Waals surface area contributed by atoms with E-state index in [1.807, 2.05) is 54.6 Å². The van der Waals surface area contributed by atoms with Gasteiger partial charge in [0.25, 0.3) is 0 Å². The molecule has 36 heavy (non-hydrogen) atoms. The number of nitrogens with zero attached hydrogens (tertiary/aromatic N) is 2. The van der Waals surface area contributed by atoms with E-state index in [0.717, 1.165) is 22.9 Å². The zero-order valence-electron chi connectivity index (χ0n) is 19.8. The second-order valence-electron chi connectivity index (χ2n) is 9.14. The number of hydrogen-bond acceptors (Lipinski definition) is 3. The van der Waals surface area contributed by atoms with Crippen LogP contribution in [0.3, 0.4) is 0 Å². The quantitative estimate of drug-likeness (QED) is 0.294. The van der Waals surface area contributed by atoms with Crippen molar-refractivity contribution in [3.05, 3.63) is 96.3 Å². The highest BCUT2D eigenvalue weighted by Gasteiger charge is 2.35. The molecule has 0 fully saturated rings. The van der Waals surface area contributed by atoms with Crippen LogP contribution in [0.25, 0.3) is 22.5 Å². The van der Waals surface area contributed by atoms with Crippen LogP contribution in [-0.4, -0.2) is 27.2 Å². The van der Waals surface area contributed by atoms with Crippen LogP contribution in [0.15, 0.2) is 85.1 Å². The van der Waals surface area contributed by atoms with Gasteiger partial charge in [-0.25, -0.2) is 4.98 Å². The van der Waals surface area contributed by atoms with Crippen molar-refractivity contribution in [1.29, 1.82) is 0 Å². The van der Waals surface area contributed by atoms with Gasteiger partial charge in [-0.15, -0.1) is 0 Å². The largest absolute Gasteiger partial charge is 0.492 e. The smallest absolute Gasteiger partial charge is 0.434 e. The van der Waals surface area contributed by atoms with Crippen molar-refractivity contribution in [2.45, 2.75) is 26.6 Å². The van der Waals surface area contributed by atoms with Crippen molar-refractivity contribution >= 4 is 5.97 Å². The molecular weight excluding hydrogens is 469 g/mol. The first-order chi connectivity index (χ1) is 17.0. The second-order valence-corrected chi connectivity index (χ2v) is 9.14. The number of carboxylic acid groups (broad SMARTS) is 1. The number of hydrogen-bond donors (Lipinski definition) is 1. The Kier molecular flexibility index (Phi) is 6.88. The van der Waals surface area contributed by atoms with Gasteiger partial charge in [0.2, 0.25) is 0 Å². The van der Waals surface area contributed by atoms with E-state index in [1.54, 1.807) is 38.1 Å². The summed E-state index contributed by atoms with van der Waals surface area (Å²) >= 11 is 0. The van der Waals surface area contributed by atoms with Crippen molar-refractivity contribution in [1.82, 2.24) is 9.55 Å². The van der Waals surface area contributed by atoms with Crippen LogP contribution in [0.2, 0.25) is 0 Å². The maximum absolute atomic E-state index is 13.4. The van der Waals surface area contributed by atoms with Gasteiger partial charge in [-0.2, -0.15) is 13.2 Å². The molecule has 1 heterocycles. The average Bonchev–Trinajstić information content (AvgIpc) is 3.28. The molecule has 5 nitrogen and oxygen atoms in total. The molecule has 0 aliphatic carbocycles.